The summed E-state index contributed by atoms with van der Waals surface area (Å²) in [6.07, 6.45) is 7.07. The number of nitrogens with zero attached hydrogens (tertiary/aromatic N) is 1. The Kier molecular flexibility index (Phi) is 15.4. The lowest BCUT2D eigenvalue weighted by Gasteiger charge is -2.37. The number of anilines is 2. The van der Waals surface area contributed by atoms with Crippen molar-refractivity contribution >= 4 is 54.9 Å². The molecule has 52 heavy (non-hydrogen) atoms. The molecule has 0 radical (unpaired) electrons. The van der Waals surface area contributed by atoms with Crippen LogP contribution in [0, 0.1) is 5.41 Å². The van der Waals surface area contributed by atoms with Crippen molar-refractivity contribution < 1.29 is 40.8 Å². The van der Waals surface area contributed by atoms with Crippen LogP contribution in [0.15, 0.2) is 76.5 Å². The van der Waals surface area contributed by atoms with E-state index in [1.165, 1.54) is 42.1 Å². The van der Waals surface area contributed by atoms with Crippen molar-refractivity contribution in [1.29, 1.82) is 0 Å². The Morgan fingerprint density at radius 2 is 1.65 bits per heavy atom. The molecular formula is C36H50N4O9S3. The lowest BCUT2D eigenvalue weighted by molar-refractivity contribution is -0.130. The summed E-state index contributed by atoms with van der Waals surface area (Å²) in [4.78, 5) is 29.1. The number of fused-ring (bicyclic) bond motifs is 1. The highest BCUT2D eigenvalue weighted by Crippen LogP contribution is 2.47. The monoisotopic (exact) mass is 778 g/mol. The predicted octanol–water partition coefficient (Wildman–Crippen LogP) is 5.81. The molecule has 0 unspecified atom stereocenters. The third-order valence-corrected chi connectivity index (χ3v) is 12.3. The molecule has 0 saturated carbocycles. The molecule has 0 aromatic heterocycles. The number of thioether (sulfide) groups is 1. The van der Waals surface area contributed by atoms with Crippen molar-refractivity contribution in [3.8, 4) is 11.5 Å². The van der Waals surface area contributed by atoms with Crippen molar-refractivity contribution in [2.24, 2.45) is 5.41 Å². The maximum atomic E-state index is 14.4. The minimum Gasteiger partial charge on any atom is -0.508 e. The van der Waals surface area contributed by atoms with Gasteiger partial charge < -0.3 is 31.5 Å². The number of ether oxygens (including phenoxy) is 1. The Morgan fingerprint density at radius 1 is 1.02 bits per heavy atom. The van der Waals surface area contributed by atoms with Gasteiger partial charge in [-0.15, -0.1) is 11.8 Å². The maximum Gasteiger partial charge on any atom is 0.266 e. The summed E-state index contributed by atoms with van der Waals surface area (Å²) in [5, 5.41) is 14.7. The molecule has 16 heteroatoms. The van der Waals surface area contributed by atoms with Crippen LogP contribution in [0.1, 0.15) is 64.0 Å². The number of aromatic hydroxyl groups is 1. The van der Waals surface area contributed by atoms with Crippen LogP contribution in [0.3, 0.4) is 0 Å². The van der Waals surface area contributed by atoms with Crippen LogP contribution in [0.2, 0.25) is 0 Å². The molecule has 286 valence electrons. The van der Waals surface area contributed by atoms with Crippen LogP contribution >= 0.6 is 11.8 Å². The first-order valence-electron chi connectivity index (χ1n) is 16.9. The minimum absolute atomic E-state index is 0. The van der Waals surface area contributed by atoms with Crippen molar-refractivity contribution in [2.45, 2.75) is 68.2 Å². The van der Waals surface area contributed by atoms with Crippen molar-refractivity contribution in [3.05, 3.63) is 72.3 Å². The molecule has 2 amide bonds. The van der Waals surface area contributed by atoms with E-state index in [1.54, 1.807) is 6.07 Å². The summed E-state index contributed by atoms with van der Waals surface area (Å²) in [5.41, 5.74) is 1.24. The summed E-state index contributed by atoms with van der Waals surface area (Å²) >= 11 is 1.34. The number of hydrogen-bond acceptors (Lipinski definition) is 11. The van der Waals surface area contributed by atoms with Gasteiger partial charge in [0.05, 0.1) is 27.0 Å². The molecule has 1 aliphatic heterocycles. The van der Waals surface area contributed by atoms with Gasteiger partial charge in [0, 0.05) is 30.3 Å². The van der Waals surface area contributed by atoms with Gasteiger partial charge in [0.1, 0.15) is 17.5 Å². The summed E-state index contributed by atoms with van der Waals surface area (Å²) < 4.78 is 66.0. The Bertz CT molecular complexity index is 1870. The highest BCUT2D eigenvalue weighted by molar-refractivity contribution is 7.98. The second-order valence-electron chi connectivity index (χ2n) is 12.8. The SMILES string of the molecule is CCCCC1(CCCC)CN(c2ccccc2)c2cc(SC)c(OCC(=O)N[C@H](C(=O)NCCS(=O)(=O)O)c3ccc(O)cc3)cc2S(=O)(=O)C1.N. The van der Waals surface area contributed by atoms with E-state index in [0.29, 0.717) is 22.7 Å². The average Bonchev–Trinajstić information content (AvgIpc) is 3.19. The number of rotatable bonds is 17. The first kappa shape index (κ1) is 42.6. The lowest BCUT2D eigenvalue weighted by Crippen LogP contribution is -2.43. The molecule has 4 rings (SSSR count). The molecule has 3 aromatic rings. The van der Waals surface area contributed by atoms with Gasteiger partial charge in [0.2, 0.25) is 5.91 Å². The number of phenols is 1. The Labute approximate surface area is 311 Å². The fourth-order valence-corrected chi connectivity index (χ4v) is 9.32. The molecular weight excluding hydrogens is 729 g/mol. The van der Waals surface area contributed by atoms with Crippen LogP contribution in [0.25, 0.3) is 0 Å². The number of benzene rings is 3. The largest absolute Gasteiger partial charge is 0.508 e. The Balaban J connectivity index is 0.00000729. The minimum atomic E-state index is -4.34. The van der Waals surface area contributed by atoms with Gasteiger partial charge in [-0.05, 0) is 55.0 Å². The van der Waals surface area contributed by atoms with E-state index >= 15 is 0 Å². The second-order valence-corrected chi connectivity index (χ2v) is 17.2. The third kappa shape index (κ3) is 11.3. The molecule has 13 nitrogen and oxygen atoms in total. The van der Waals surface area contributed by atoms with E-state index < -0.39 is 62.1 Å². The van der Waals surface area contributed by atoms with E-state index in [2.05, 4.69) is 29.4 Å². The Morgan fingerprint density at radius 3 is 2.23 bits per heavy atom. The zero-order valence-corrected chi connectivity index (χ0v) is 32.3. The highest BCUT2D eigenvalue weighted by atomic mass is 32.2. The van der Waals surface area contributed by atoms with E-state index in [0.717, 1.165) is 44.2 Å². The number of sulfone groups is 1. The number of phenolic OH excluding ortho intramolecular Hbond substituents is 1. The topological polar surface area (TPSA) is 214 Å². The van der Waals surface area contributed by atoms with Gasteiger partial charge in [-0.25, -0.2) is 8.42 Å². The second kappa shape index (κ2) is 18.8. The molecule has 1 aliphatic rings. The number of unbranched alkanes of at least 4 members (excludes halogenated alkanes) is 2. The van der Waals surface area contributed by atoms with E-state index in [-0.39, 0.29) is 28.3 Å². The number of carbonyl (C=O) groups is 2. The maximum absolute atomic E-state index is 14.4. The molecule has 0 bridgehead atoms. The summed E-state index contributed by atoms with van der Waals surface area (Å²) in [6.45, 7) is 3.77. The molecule has 1 heterocycles. The van der Waals surface area contributed by atoms with Gasteiger partial charge in [0.15, 0.2) is 16.4 Å². The molecule has 0 spiro atoms. The molecule has 3 aromatic carbocycles. The molecule has 7 N–H and O–H groups in total. The van der Waals surface area contributed by atoms with E-state index in [4.69, 9.17) is 9.29 Å². The smallest absolute Gasteiger partial charge is 0.266 e. The van der Waals surface area contributed by atoms with Gasteiger partial charge >= 0.3 is 0 Å². The summed E-state index contributed by atoms with van der Waals surface area (Å²) in [6, 6.07) is 17.2. The fraction of sp³-hybridized carbons (Fsp3) is 0.444. The summed E-state index contributed by atoms with van der Waals surface area (Å²) in [7, 11) is -8.17. The van der Waals surface area contributed by atoms with Crippen molar-refractivity contribution in [2.75, 3.05) is 42.4 Å². The van der Waals surface area contributed by atoms with Gasteiger partial charge in [-0.1, -0.05) is 69.9 Å². The van der Waals surface area contributed by atoms with Gasteiger partial charge in [0.25, 0.3) is 16.0 Å². The third-order valence-electron chi connectivity index (χ3n) is 8.86. The zero-order chi connectivity index (χ0) is 37.2. The van der Waals surface area contributed by atoms with E-state index in [1.807, 2.05) is 36.6 Å². The summed E-state index contributed by atoms with van der Waals surface area (Å²) in [5.74, 6) is -2.09. The van der Waals surface area contributed by atoms with Gasteiger partial charge in [-0.3, -0.25) is 14.1 Å². The lowest BCUT2D eigenvalue weighted by atomic mass is 9.79. The first-order chi connectivity index (χ1) is 24.2. The van der Waals surface area contributed by atoms with Crippen molar-refractivity contribution in [3.63, 3.8) is 0 Å². The number of para-hydroxylation sites is 1. The Hall–Kier alpha value is -3.83. The number of carbonyl (C=O) groups excluding carboxylic acids is 2. The first-order valence-corrected chi connectivity index (χ1v) is 21.4. The zero-order valence-electron chi connectivity index (χ0n) is 29.8. The van der Waals surface area contributed by atoms with Crippen LogP contribution in [0.4, 0.5) is 11.4 Å². The molecule has 1 atom stereocenters. The quantitative estimate of drug-likeness (QED) is 0.0811. The van der Waals surface area contributed by atoms with Crippen molar-refractivity contribution in [1.82, 2.24) is 16.8 Å². The predicted molar refractivity (Wildman–Crippen MR) is 204 cm³/mol. The van der Waals surface area contributed by atoms with E-state index in [9.17, 15) is 31.5 Å². The van der Waals surface area contributed by atoms with Crippen LogP contribution < -0.4 is 26.4 Å². The average molecular weight is 779 g/mol. The normalized spacial score (nSPS) is 15.3. The number of nitrogens with one attached hydrogen (secondary N) is 2. The fourth-order valence-electron chi connectivity index (χ4n) is 6.30. The molecule has 0 saturated heterocycles. The van der Waals surface area contributed by atoms with Gasteiger partial charge in [-0.2, -0.15) is 8.42 Å². The molecule has 0 fully saturated rings. The molecule has 0 aliphatic carbocycles. The van der Waals surface area contributed by atoms with Crippen LogP contribution in [-0.2, 0) is 29.5 Å². The standard InChI is InChI=1S/C36H47N3O9S3.H3N/c1-4-6-17-36(18-7-5-2)24-39(27-11-9-8-10-12-27)29-21-31(49-3)30(22-32(29)50(43,44)25-36)48-23-33(41)38-34(26-13-15-28(40)16-14-26)35(42)37-19-20-51(45,46)47;/h8-16,21-22,34,40H,4-7,17-20,23-25H2,1-3H3,(H,37,42)(H,38,41)(H,45,46,47);1H3/t34-;/m0./s1. The van der Waals surface area contributed by atoms with Crippen LogP contribution in [0.5, 0.6) is 11.5 Å². The highest BCUT2D eigenvalue weighted by Gasteiger charge is 2.42. The number of amides is 2. The van der Waals surface area contributed by atoms with Crippen LogP contribution in [-0.4, -0.2) is 75.8 Å². The number of hydrogen-bond donors (Lipinski definition) is 5.